The number of nitrogens with two attached hydrogens (primary N) is 1. The molecule has 0 aliphatic rings. The molecule has 0 saturated heterocycles. The number of hydrogen-bond acceptors (Lipinski definition) is 4. The first kappa shape index (κ1) is 17.9. The Morgan fingerprint density at radius 1 is 1.41 bits per heavy atom. The molecule has 1 aromatic rings. The molecule has 1 atom stereocenters. The third kappa shape index (κ3) is 6.09. The van der Waals surface area contributed by atoms with E-state index in [0.717, 1.165) is 0 Å². The van der Waals surface area contributed by atoms with Crippen LogP contribution in [0.1, 0.15) is 45.2 Å². The number of carboxylic acid groups (broad SMARTS) is 1. The highest BCUT2D eigenvalue weighted by Crippen LogP contribution is 2.26. The number of aliphatic carboxylic acids is 1. The first-order valence-electron chi connectivity index (χ1n) is 6.85. The average Bonchev–Trinajstić information content (AvgIpc) is 2.35. The summed E-state index contributed by atoms with van der Waals surface area (Å²) in [6.07, 6.45) is -0.712. The number of amides is 1. The molecule has 1 amide bonds. The highest BCUT2D eigenvalue weighted by atomic mass is 19.1. The number of carbonyl (C=O) groups excluding carboxylic acids is 1. The smallest absolute Gasteiger partial charge is 0.412 e. The van der Waals surface area contributed by atoms with Crippen molar-refractivity contribution in [1.82, 2.24) is 0 Å². The van der Waals surface area contributed by atoms with Crippen molar-refractivity contribution in [3.63, 3.8) is 0 Å². The monoisotopic (exact) mass is 312 g/mol. The van der Waals surface area contributed by atoms with Crippen molar-refractivity contribution in [1.29, 1.82) is 0 Å². The third-order valence-electron chi connectivity index (χ3n) is 2.72. The zero-order valence-electron chi connectivity index (χ0n) is 12.9. The summed E-state index contributed by atoms with van der Waals surface area (Å²) in [5.41, 5.74) is 5.85. The molecule has 1 aromatic carbocycles. The van der Waals surface area contributed by atoms with E-state index in [1.807, 2.05) is 0 Å². The lowest BCUT2D eigenvalue weighted by Gasteiger charge is -2.21. The van der Waals surface area contributed by atoms with Crippen molar-refractivity contribution in [3.8, 4) is 0 Å². The summed E-state index contributed by atoms with van der Waals surface area (Å²) in [6, 6.07) is 3.02. The molecule has 1 unspecified atom stereocenters. The van der Waals surface area contributed by atoms with Gasteiger partial charge < -0.3 is 15.6 Å². The van der Waals surface area contributed by atoms with Crippen LogP contribution in [0.2, 0.25) is 0 Å². The fourth-order valence-electron chi connectivity index (χ4n) is 1.80. The van der Waals surface area contributed by atoms with Gasteiger partial charge in [-0.25, -0.2) is 9.18 Å². The second-order valence-electron chi connectivity index (χ2n) is 5.90. The van der Waals surface area contributed by atoms with E-state index in [2.05, 4.69) is 5.32 Å². The van der Waals surface area contributed by atoms with Gasteiger partial charge in [0, 0.05) is 18.2 Å². The van der Waals surface area contributed by atoms with Gasteiger partial charge in [-0.1, -0.05) is 0 Å². The minimum atomic E-state index is -0.992. The first-order chi connectivity index (χ1) is 10.1. The molecule has 0 radical (unpaired) electrons. The van der Waals surface area contributed by atoms with Crippen molar-refractivity contribution in [2.45, 2.75) is 45.3 Å². The lowest BCUT2D eigenvalue weighted by atomic mass is 10.0. The number of ether oxygens (including phenoxy) is 1. The number of carbonyl (C=O) groups is 2. The number of halogens is 1. The largest absolute Gasteiger partial charge is 0.481 e. The molecule has 0 bridgehead atoms. The van der Waals surface area contributed by atoms with E-state index >= 15 is 0 Å². The van der Waals surface area contributed by atoms with E-state index in [1.54, 1.807) is 20.8 Å². The Kier molecular flexibility index (Phi) is 5.87. The fraction of sp³-hybridized carbons (Fsp3) is 0.467. The van der Waals surface area contributed by atoms with E-state index in [9.17, 15) is 14.0 Å². The van der Waals surface area contributed by atoms with E-state index in [1.165, 1.54) is 18.2 Å². The van der Waals surface area contributed by atoms with Gasteiger partial charge in [0.2, 0.25) is 0 Å². The van der Waals surface area contributed by atoms with Gasteiger partial charge >= 0.3 is 12.1 Å². The summed E-state index contributed by atoms with van der Waals surface area (Å²) in [6.45, 7) is 5.16. The van der Waals surface area contributed by atoms with Gasteiger partial charge in [0.25, 0.3) is 0 Å². The minimum absolute atomic E-state index is 0.127. The van der Waals surface area contributed by atoms with Crippen LogP contribution in [0.4, 0.5) is 14.9 Å². The maximum absolute atomic E-state index is 13.4. The third-order valence-corrected chi connectivity index (χ3v) is 2.72. The van der Waals surface area contributed by atoms with Crippen LogP contribution >= 0.6 is 0 Å². The molecular weight excluding hydrogens is 291 g/mol. The van der Waals surface area contributed by atoms with Crippen molar-refractivity contribution in [2.24, 2.45) is 5.73 Å². The average molecular weight is 312 g/mol. The molecular formula is C15H21FN2O4. The number of anilines is 1. The van der Waals surface area contributed by atoms with Gasteiger partial charge in [-0.15, -0.1) is 0 Å². The molecule has 6 nitrogen and oxygen atoms in total. The number of carboxylic acids is 1. The van der Waals surface area contributed by atoms with E-state index in [-0.39, 0.29) is 12.8 Å². The Morgan fingerprint density at radius 3 is 2.59 bits per heavy atom. The molecule has 0 aliphatic carbocycles. The van der Waals surface area contributed by atoms with Crippen LogP contribution in [0.5, 0.6) is 0 Å². The van der Waals surface area contributed by atoms with Gasteiger partial charge in [-0.05, 0) is 51.0 Å². The standard InChI is InChI=1S/C15H21FN2O4/c1-15(2,3)22-14(21)18-12-6-4-9(16)8-10(12)11(17)5-7-13(19)20/h4,6,8,11H,5,7,17H2,1-3H3,(H,18,21)(H,19,20). The summed E-state index contributed by atoms with van der Waals surface area (Å²) >= 11 is 0. The Balaban J connectivity index is 2.90. The van der Waals surface area contributed by atoms with Crippen LogP contribution in [0, 0.1) is 5.82 Å². The zero-order valence-corrected chi connectivity index (χ0v) is 12.9. The summed E-state index contributed by atoms with van der Waals surface area (Å²) in [5, 5.41) is 11.2. The molecule has 22 heavy (non-hydrogen) atoms. The minimum Gasteiger partial charge on any atom is -0.481 e. The highest BCUT2D eigenvalue weighted by molar-refractivity contribution is 5.86. The summed E-state index contributed by atoms with van der Waals surface area (Å²) < 4.78 is 18.5. The van der Waals surface area contributed by atoms with Gasteiger partial charge in [0.05, 0.1) is 0 Å². The summed E-state index contributed by atoms with van der Waals surface area (Å²) in [7, 11) is 0. The predicted octanol–water partition coefficient (Wildman–Crippen LogP) is 3.04. The quantitative estimate of drug-likeness (QED) is 0.775. The number of benzene rings is 1. The molecule has 122 valence electrons. The molecule has 0 aromatic heterocycles. The van der Waals surface area contributed by atoms with Crippen LogP contribution in [0.3, 0.4) is 0 Å². The van der Waals surface area contributed by atoms with Gasteiger partial charge in [-0.3, -0.25) is 10.1 Å². The first-order valence-corrected chi connectivity index (χ1v) is 6.85. The molecule has 0 heterocycles. The van der Waals surface area contributed by atoms with Crippen molar-refractivity contribution in [3.05, 3.63) is 29.6 Å². The molecule has 4 N–H and O–H groups in total. The topological polar surface area (TPSA) is 102 Å². The SMILES string of the molecule is CC(C)(C)OC(=O)Nc1ccc(F)cc1C(N)CCC(=O)O. The summed E-state index contributed by atoms with van der Waals surface area (Å²) in [5.74, 6) is -1.51. The van der Waals surface area contributed by atoms with Crippen molar-refractivity contribution < 1.29 is 23.8 Å². The van der Waals surface area contributed by atoms with Crippen LogP contribution in [-0.2, 0) is 9.53 Å². The molecule has 1 rings (SSSR count). The van der Waals surface area contributed by atoms with Crippen LogP contribution in [0.25, 0.3) is 0 Å². The normalized spacial score (nSPS) is 12.6. The zero-order chi connectivity index (χ0) is 16.9. The lowest BCUT2D eigenvalue weighted by Crippen LogP contribution is -2.28. The lowest BCUT2D eigenvalue weighted by molar-refractivity contribution is -0.137. The number of rotatable bonds is 5. The Labute approximate surface area is 128 Å². The predicted molar refractivity (Wildman–Crippen MR) is 80.1 cm³/mol. The van der Waals surface area contributed by atoms with Gasteiger partial charge in [0.1, 0.15) is 11.4 Å². The molecule has 0 saturated carbocycles. The van der Waals surface area contributed by atoms with Gasteiger partial charge in [-0.2, -0.15) is 0 Å². The Bertz CT molecular complexity index is 555. The van der Waals surface area contributed by atoms with Gasteiger partial charge in [0.15, 0.2) is 0 Å². The summed E-state index contributed by atoms with van der Waals surface area (Å²) in [4.78, 5) is 22.4. The highest BCUT2D eigenvalue weighted by Gasteiger charge is 2.19. The van der Waals surface area contributed by atoms with Crippen LogP contribution in [-0.4, -0.2) is 22.8 Å². The van der Waals surface area contributed by atoms with Crippen molar-refractivity contribution >= 4 is 17.7 Å². The Hall–Kier alpha value is -2.15. The second-order valence-corrected chi connectivity index (χ2v) is 5.90. The van der Waals surface area contributed by atoms with E-state index in [0.29, 0.717) is 11.3 Å². The molecule has 0 spiro atoms. The van der Waals surface area contributed by atoms with Crippen LogP contribution < -0.4 is 11.1 Å². The maximum atomic E-state index is 13.4. The van der Waals surface area contributed by atoms with Crippen LogP contribution in [0.15, 0.2) is 18.2 Å². The molecule has 7 heteroatoms. The maximum Gasteiger partial charge on any atom is 0.412 e. The number of nitrogens with one attached hydrogen (secondary N) is 1. The molecule has 0 aliphatic heterocycles. The van der Waals surface area contributed by atoms with E-state index < -0.39 is 29.5 Å². The second kappa shape index (κ2) is 7.22. The van der Waals surface area contributed by atoms with Crippen molar-refractivity contribution in [2.75, 3.05) is 5.32 Å². The molecule has 0 fully saturated rings. The Morgan fingerprint density at radius 2 is 2.05 bits per heavy atom. The fourth-order valence-corrected chi connectivity index (χ4v) is 1.80. The number of hydrogen-bond donors (Lipinski definition) is 3. The van der Waals surface area contributed by atoms with E-state index in [4.69, 9.17) is 15.6 Å².